The number of nitrogens with one attached hydrogen (secondary N) is 2. The van der Waals surface area contributed by atoms with Crippen LogP contribution in [-0.4, -0.2) is 31.5 Å². The molecule has 24 heavy (non-hydrogen) atoms. The molecule has 2 rings (SSSR count). The minimum absolute atomic E-state index is 0.000647. The maximum Gasteiger partial charge on any atom is 0.269 e. The predicted octanol–water partition coefficient (Wildman–Crippen LogP) is 1.86. The van der Waals surface area contributed by atoms with Crippen LogP contribution in [0.5, 0.6) is 0 Å². The Morgan fingerprint density at radius 2 is 1.83 bits per heavy atom. The number of carbonyl (C=O) groups is 1. The number of non-ortho nitro benzene ring substituents is 1. The summed E-state index contributed by atoms with van der Waals surface area (Å²) >= 11 is 6.25. The summed E-state index contributed by atoms with van der Waals surface area (Å²) in [6.45, 7) is 0.405. The van der Waals surface area contributed by atoms with Gasteiger partial charge in [0.15, 0.2) is 0 Å². The normalized spacial score (nSPS) is 12.0. The maximum absolute atomic E-state index is 12.2. The van der Waals surface area contributed by atoms with Crippen molar-refractivity contribution in [3.05, 3.63) is 74.8 Å². The SMILES string of the molecule is C[NH+](C)[C@@H](CNC(=O)c1ccc([N+](=O)[O-])cc1)c1ccccc1Cl. The number of carbonyl (C=O) groups excluding carboxylic acids is 1. The van der Waals surface area contributed by atoms with Crippen LogP contribution in [0, 0.1) is 10.1 Å². The first-order valence-corrected chi connectivity index (χ1v) is 7.85. The molecule has 0 aliphatic heterocycles. The second-order valence-electron chi connectivity index (χ2n) is 5.67. The quantitative estimate of drug-likeness (QED) is 0.618. The van der Waals surface area contributed by atoms with E-state index in [1.54, 1.807) is 0 Å². The van der Waals surface area contributed by atoms with E-state index in [1.165, 1.54) is 24.3 Å². The Morgan fingerprint density at radius 1 is 1.21 bits per heavy atom. The van der Waals surface area contributed by atoms with Crippen LogP contribution >= 0.6 is 11.6 Å². The summed E-state index contributed by atoms with van der Waals surface area (Å²) < 4.78 is 0. The summed E-state index contributed by atoms with van der Waals surface area (Å²) in [5.41, 5.74) is 1.30. The van der Waals surface area contributed by atoms with Crippen LogP contribution in [-0.2, 0) is 0 Å². The molecular formula is C17H19ClN3O3+. The van der Waals surface area contributed by atoms with Crippen LogP contribution in [0.4, 0.5) is 5.69 Å². The lowest BCUT2D eigenvalue weighted by molar-refractivity contribution is -0.890. The van der Waals surface area contributed by atoms with Crippen molar-refractivity contribution in [2.45, 2.75) is 6.04 Å². The van der Waals surface area contributed by atoms with E-state index in [4.69, 9.17) is 11.6 Å². The standard InChI is InChI=1S/C17H18ClN3O3/c1-20(2)16(14-5-3-4-6-15(14)18)11-19-17(22)12-7-9-13(10-8-12)21(23)24/h3-10,16H,11H2,1-2H3,(H,19,22)/p+1/t16-/m0/s1. The van der Waals surface area contributed by atoms with Crippen molar-refractivity contribution in [1.29, 1.82) is 0 Å². The summed E-state index contributed by atoms with van der Waals surface area (Å²) in [6.07, 6.45) is 0. The fourth-order valence-electron chi connectivity index (χ4n) is 2.41. The largest absolute Gasteiger partial charge is 0.346 e. The zero-order valence-corrected chi connectivity index (χ0v) is 14.2. The lowest BCUT2D eigenvalue weighted by atomic mass is 10.1. The van der Waals surface area contributed by atoms with E-state index >= 15 is 0 Å². The molecule has 0 fully saturated rings. The molecule has 0 heterocycles. The Bertz CT molecular complexity index is 732. The maximum atomic E-state index is 12.2. The highest BCUT2D eigenvalue weighted by Crippen LogP contribution is 2.20. The molecule has 6 nitrogen and oxygen atoms in total. The van der Waals surface area contributed by atoms with E-state index in [0.717, 1.165) is 10.5 Å². The number of nitro groups is 1. The second-order valence-corrected chi connectivity index (χ2v) is 6.07. The number of likely N-dealkylation sites (N-methyl/N-ethyl adjacent to an activating group) is 1. The number of nitrogens with zero attached hydrogens (tertiary/aromatic N) is 1. The van der Waals surface area contributed by atoms with E-state index in [2.05, 4.69) is 5.32 Å². The van der Waals surface area contributed by atoms with Crippen molar-refractivity contribution in [1.82, 2.24) is 5.32 Å². The number of quaternary nitrogens is 1. The highest BCUT2D eigenvalue weighted by Gasteiger charge is 2.21. The van der Waals surface area contributed by atoms with Crippen molar-refractivity contribution in [2.75, 3.05) is 20.6 Å². The monoisotopic (exact) mass is 348 g/mol. The van der Waals surface area contributed by atoms with Crippen molar-refractivity contribution < 1.29 is 14.6 Å². The first kappa shape index (κ1) is 17.9. The molecule has 7 heteroatoms. The zero-order chi connectivity index (χ0) is 17.7. The molecule has 1 atom stereocenters. The third kappa shape index (κ3) is 4.31. The molecule has 0 aliphatic carbocycles. The van der Waals surface area contributed by atoms with Crippen LogP contribution in [0.2, 0.25) is 5.02 Å². The van der Waals surface area contributed by atoms with E-state index in [-0.39, 0.29) is 17.6 Å². The summed E-state index contributed by atoms with van der Waals surface area (Å²) in [6, 6.07) is 13.1. The van der Waals surface area contributed by atoms with Gasteiger partial charge in [0.1, 0.15) is 6.04 Å². The molecular weight excluding hydrogens is 330 g/mol. The lowest BCUT2D eigenvalue weighted by Crippen LogP contribution is -3.07. The number of rotatable bonds is 6. The number of benzene rings is 2. The van der Waals surface area contributed by atoms with Crippen LogP contribution in [0.1, 0.15) is 22.0 Å². The molecule has 0 saturated heterocycles. The number of hydrogen-bond donors (Lipinski definition) is 2. The van der Waals surface area contributed by atoms with Gasteiger partial charge in [-0.1, -0.05) is 29.8 Å². The highest BCUT2D eigenvalue weighted by atomic mass is 35.5. The zero-order valence-electron chi connectivity index (χ0n) is 13.5. The summed E-state index contributed by atoms with van der Waals surface area (Å²) in [5.74, 6) is -0.275. The Labute approximate surface area is 145 Å². The van der Waals surface area contributed by atoms with E-state index in [1.807, 2.05) is 38.4 Å². The molecule has 0 bridgehead atoms. The van der Waals surface area contributed by atoms with Gasteiger partial charge in [-0.2, -0.15) is 0 Å². The molecule has 0 aromatic heterocycles. The molecule has 1 amide bonds. The van der Waals surface area contributed by atoms with Crippen molar-refractivity contribution in [2.24, 2.45) is 0 Å². The van der Waals surface area contributed by atoms with Gasteiger partial charge < -0.3 is 10.2 Å². The third-order valence-electron chi connectivity index (χ3n) is 3.78. The third-order valence-corrected chi connectivity index (χ3v) is 4.13. The van der Waals surface area contributed by atoms with E-state index < -0.39 is 4.92 Å². The summed E-state index contributed by atoms with van der Waals surface area (Å²) in [4.78, 5) is 23.5. The highest BCUT2D eigenvalue weighted by molar-refractivity contribution is 6.31. The number of hydrogen-bond acceptors (Lipinski definition) is 3. The molecule has 0 saturated carbocycles. The van der Waals surface area contributed by atoms with Crippen molar-refractivity contribution in [3.63, 3.8) is 0 Å². The smallest absolute Gasteiger partial charge is 0.269 e. The molecule has 0 unspecified atom stereocenters. The van der Waals surface area contributed by atoms with Gasteiger partial charge in [-0.15, -0.1) is 0 Å². The lowest BCUT2D eigenvalue weighted by Gasteiger charge is -2.23. The molecule has 126 valence electrons. The second kappa shape index (κ2) is 7.90. The van der Waals surface area contributed by atoms with Gasteiger partial charge in [0.2, 0.25) is 0 Å². The van der Waals surface area contributed by atoms with Crippen LogP contribution in [0.25, 0.3) is 0 Å². The molecule has 0 spiro atoms. The summed E-state index contributed by atoms with van der Waals surface area (Å²) in [5, 5.41) is 14.2. The average molecular weight is 349 g/mol. The number of halogens is 1. The van der Waals surface area contributed by atoms with Crippen molar-refractivity contribution >= 4 is 23.2 Å². The average Bonchev–Trinajstić information content (AvgIpc) is 2.56. The van der Waals surface area contributed by atoms with Gasteiger partial charge in [0.05, 0.1) is 25.6 Å². The Balaban J connectivity index is 2.08. The van der Waals surface area contributed by atoms with Gasteiger partial charge in [0.25, 0.3) is 11.6 Å². The van der Waals surface area contributed by atoms with Crippen LogP contribution < -0.4 is 10.2 Å². The fraction of sp³-hybridized carbons (Fsp3) is 0.235. The van der Waals surface area contributed by atoms with Gasteiger partial charge in [-0.05, 0) is 18.2 Å². The fourth-order valence-corrected chi connectivity index (χ4v) is 2.68. The van der Waals surface area contributed by atoms with E-state index in [0.29, 0.717) is 17.1 Å². The molecule has 0 radical (unpaired) electrons. The Morgan fingerprint density at radius 3 is 2.38 bits per heavy atom. The molecule has 2 aromatic carbocycles. The first-order valence-electron chi connectivity index (χ1n) is 7.47. The predicted molar refractivity (Wildman–Crippen MR) is 92.4 cm³/mol. The Hall–Kier alpha value is -2.44. The molecule has 2 aromatic rings. The molecule has 2 N–H and O–H groups in total. The minimum Gasteiger partial charge on any atom is -0.346 e. The number of nitro benzene ring substituents is 1. The van der Waals surface area contributed by atoms with E-state index in [9.17, 15) is 14.9 Å². The van der Waals surface area contributed by atoms with Crippen molar-refractivity contribution in [3.8, 4) is 0 Å². The van der Waals surface area contributed by atoms with Gasteiger partial charge in [-0.25, -0.2) is 0 Å². The summed E-state index contributed by atoms with van der Waals surface area (Å²) in [7, 11) is 3.98. The first-order chi connectivity index (χ1) is 11.4. The number of amides is 1. The molecule has 0 aliphatic rings. The topological polar surface area (TPSA) is 76.7 Å². The van der Waals surface area contributed by atoms with Crippen LogP contribution in [0.3, 0.4) is 0 Å². The minimum atomic E-state index is -0.496. The Kier molecular flexibility index (Phi) is 5.89. The van der Waals surface area contributed by atoms with Crippen LogP contribution in [0.15, 0.2) is 48.5 Å². The van der Waals surface area contributed by atoms with Gasteiger partial charge in [0, 0.05) is 28.3 Å². The van der Waals surface area contributed by atoms with Gasteiger partial charge >= 0.3 is 0 Å². The van der Waals surface area contributed by atoms with Gasteiger partial charge in [-0.3, -0.25) is 14.9 Å².